The van der Waals surface area contributed by atoms with Crippen LogP contribution in [0, 0.1) is 0 Å². The summed E-state index contributed by atoms with van der Waals surface area (Å²) in [5.41, 5.74) is 5.33. The predicted octanol–water partition coefficient (Wildman–Crippen LogP) is 11.2. The molecule has 2 atom stereocenters. The Balaban J connectivity index is 4.14. The Bertz CT molecular complexity index is 981. The van der Waals surface area contributed by atoms with E-state index in [9.17, 15) is 19.0 Å². The van der Waals surface area contributed by atoms with Crippen LogP contribution in [0.5, 0.6) is 0 Å². The first-order chi connectivity index (χ1) is 24.8. The van der Waals surface area contributed by atoms with Gasteiger partial charge in [0, 0.05) is 19.4 Å². The first-order valence-corrected chi connectivity index (χ1v) is 21.6. The van der Waals surface area contributed by atoms with Crippen molar-refractivity contribution in [3.63, 3.8) is 0 Å². The highest BCUT2D eigenvalue weighted by Gasteiger charge is 2.25. The number of phosphoric ester groups is 1. The van der Waals surface area contributed by atoms with Crippen molar-refractivity contribution in [1.29, 1.82) is 0 Å². The van der Waals surface area contributed by atoms with E-state index in [0.717, 1.165) is 70.6 Å². The molecule has 0 aromatic rings. The molecule has 2 unspecified atom stereocenters. The van der Waals surface area contributed by atoms with Crippen molar-refractivity contribution in [3.05, 3.63) is 48.6 Å². The average molecular weight is 740 g/mol. The maximum atomic E-state index is 12.5. The van der Waals surface area contributed by atoms with E-state index in [1.165, 1.54) is 64.2 Å². The zero-order valence-electron chi connectivity index (χ0n) is 32.3. The third-order valence-corrected chi connectivity index (χ3v) is 9.21. The van der Waals surface area contributed by atoms with E-state index in [2.05, 4.69) is 62.5 Å². The number of phosphoric acid groups is 1. The molecule has 0 heterocycles. The van der Waals surface area contributed by atoms with Crippen molar-refractivity contribution in [3.8, 4) is 0 Å². The molecule has 51 heavy (non-hydrogen) atoms. The highest BCUT2D eigenvalue weighted by atomic mass is 31.2. The number of rotatable bonds is 37. The minimum Gasteiger partial charge on any atom is -0.462 e. The maximum Gasteiger partial charge on any atom is 0.472 e. The van der Waals surface area contributed by atoms with Crippen LogP contribution in [0.15, 0.2) is 48.6 Å². The monoisotopic (exact) mass is 740 g/mol. The van der Waals surface area contributed by atoms with Crippen LogP contribution in [0.4, 0.5) is 0 Å². The van der Waals surface area contributed by atoms with Crippen molar-refractivity contribution in [2.24, 2.45) is 5.73 Å². The lowest BCUT2D eigenvalue weighted by molar-refractivity contribution is -0.161. The second kappa shape index (κ2) is 37.7. The molecule has 0 aliphatic rings. The number of nitrogens with two attached hydrogens (primary N) is 1. The number of carbonyl (C=O) groups excluding carboxylic acids is 2. The summed E-state index contributed by atoms with van der Waals surface area (Å²) in [6.45, 7) is 3.57. The molecule has 0 radical (unpaired) electrons. The summed E-state index contributed by atoms with van der Waals surface area (Å²) in [5.74, 6) is -0.842. The molecule has 0 aromatic heterocycles. The first kappa shape index (κ1) is 49.0. The molecule has 9 nitrogen and oxygen atoms in total. The molecular weight excluding hydrogens is 665 g/mol. The zero-order chi connectivity index (χ0) is 37.5. The van der Waals surface area contributed by atoms with Crippen LogP contribution >= 0.6 is 7.82 Å². The fraction of sp³-hybridized carbons (Fsp3) is 0.756. The Kier molecular flexibility index (Phi) is 36.2. The number of hydrogen-bond donors (Lipinski definition) is 2. The second-order valence-electron chi connectivity index (χ2n) is 13.1. The molecule has 0 saturated carbocycles. The molecule has 0 rings (SSSR count). The van der Waals surface area contributed by atoms with Crippen LogP contribution in [-0.4, -0.2) is 49.3 Å². The summed E-state index contributed by atoms with van der Waals surface area (Å²) >= 11 is 0. The van der Waals surface area contributed by atoms with Crippen LogP contribution in [0.25, 0.3) is 0 Å². The summed E-state index contributed by atoms with van der Waals surface area (Å²) in [6.07, 6.45) is 41.5. The lowest BCUT2D eigenvalue weighted by Gasteiger charge is -2.19. The quantitative estimate of drug-likeness (QED) is 0.0276. The topological polar surface area (TPSA) is 134 Å². The van der Waals surface area contributed by atoms with Crippen LogP contribution in [0.3, 0.4) is 0 Å². The van der Waals surface area contributed by atoms with E-state index in [4.69, 9.17) is 24.3 Å². The highest BCUT2D eigenvalue weighted by Crippen LogP contribution is 2.43. The summed E-state index contributed by atoms with van der Waals surface area (Å²) in [6, 6.07) is 0. The Hall–Kier alpha value is -2.03. The molecule has 0 fully saturated rings. The molecule has 0 aromatic carbocycles. The third-order valence-electron chi connectivity index (χ3n) is 8.23. The fourth-order valence-corrected chi connectivity index (χ4v) is 6.04. The molecule has 3 N–H and O–H groups in total. The van der Waals surface area contributed by atoms with Gasteiger partial charge in [0.05, 0.1) is 13.2 Å². The number of unbranched alkanes of at least 4 members (excludes halogenated alkanes) is 16. The Morgan fingerprint density at radius 3 is 1.61 bits per heavy atom. The van der Waals surface area contributed by atoms with Crippen LogP contribution in [0.1, 0.15) is 168 Å². The van der Waals surface area contributed by atoms with Gasteiger partial charge in [-0.3, -0.25) is 18.6 Å². The highest BCUT2D eigenvalue weighted by molar-refractivity contribution is 7.47. The second-order valence-corrected chi connectivity index (χ2v) is 14.6. The number of allylic oxidation sites excluding steroid dienone is 8. The summed E-state index contributed by atoms with van der Waals surface area (Å²) < 4.78 is 32.6. The minimum absolute atomic E-state index is 0.0511. The standard InChI is InChI=1S/C41H74NO8P/c1-3-5-7-9-11-13-14-15-16-17-18-19-20-21-22-23-24-26-28-30-32-34-41(44)50-39(38-49-51(45,46)48-36-35-42)37-47-40(43)33-31-29-27-25-12-10-8-6-4-2/h5,7,11,13,15-16,18-19,39H,3-4,6,8-10,12,14,17,20-38,42H2,1-2H3,(H,45,46)/b7-5-,13-11-,16-15-,19-18-. The summed E-state index contributed by atoms with van der Waals surface area (Å²) in [4.78, 5) is 34.7. The van der Waals surface area contributed by atoms with Gasteiger partial charge in [-0.25, -0.2) is 4.57 Å². The number of hydrogen-bond acceptors (Lipinski definition) is 8. The molecule has 0 aliphatic carbocycles. The van der Waals surface area contributed by atoms with Gasteiger partial charge in [-0.2, -0.15) is 0 Å². The van der Waals surface area contributed by atoms with Gasteiger partial charge in [-0.05, 0) is 51.4 Å². The Morgan fingerprint density at radius 2 is 1.08 bits per heavy atom. The molecule has 296 valence electrons. The largest absolute Gasteiger partial charge is 0.472 e. The van der Waals surface area contributed by atoms with Gasteiger partial charge < -0.3 is 20.1 Å². The Labute approximate surface area is 311 Å². The van der Waals surface area contributed by atoms with Crippen molar-refractivity contribution in [1.82, 2.24) is 0 Å². The number of esters is 2. The molecule has 0 aliphatic heterocycles. The van der Waals surface area contributed by atoms with E-state index < -0.39 is 26.5 Å². The van der Waals surface area contributed by atoms with E-state index in [1.807, 2.05) is 0 Å². The SMILES string of the molecule is CC/C=C\C/C=C\C/C=C\C/C=C\CCCCCCCCCCC(=O)OC(COC(=O)CCCCCCCCCCC)COP(=O)(O)OCCN. The van der Waals surface area contributed by atoms with Gasteiger partial charge in [0.1, 0.15) is 6.61 Å². The smallest absolute Gasteiger partial charge is 0.462 e. The van der Waals surface area contributed by atoms with E-state index >= 15 is 0 Å². The molecule has 10 heteroatoms. The number of ether oxygens (including phenoxy) is 2. The minimum atomic E-state index is -4.37. The molecule has 0 saturated heterocycles. The average Bonchev–Trinajstić information content (AvgIpc) is 3.11. The molecular formula is C41H74NO8P. The lowest BCUT2D eigenvalue weighted by atomic mass is 10.1. The van der Waals surface area contributed by atoms with Crippen LogP contribution in [0.2, 0.25) is 0 Å². The normalized spacial score (nSPS) is 13.9. The fourth-order valence-electron chi connectivity index (χ4n) is 5.27. The maximum absolute atomic E-state index is 12.5. The first-order valence-electron chi connectivity index (χ1n) is 20.1. The number of carbonyl (C=O) groups is 2. The van der Waals surface area contributed by atoms with Crippen LogP contribution in [-0.2, 0) is 32.7 Å². The molecule has 0 spiro atoms. The van der Waals surface area contributed by atoms with Gasteiger partial charge in [0.15, 0.2) is 6.10 Å². The summed E-state index contributed by atoms with van der Waals surface area (Å²) in [7, 11) is -4.37. The van der Waals surface area contributed by atoms with Gasteiger partial charge in [0.2, 0.25) is 0 Å². The Morgan fingerprint density at radius 1 is 0.608 bits per heavy atom. The van der Waals surface area contributed by atoms with Gasteiger partial charge in [-0.1, -0.05) is 152 Å². The van der Waals surface area contributed by atoms with Gasteiger partial charge in [0.25, 0.3) is 0 Å². The van der Waals surface area contributed by atoms with Crippen LogP contribution < -0.4 is 5.73 Å². The molecule has 0 bridgehead atoms. The molecule has 0 amide bonds. The predicted molar refractivity (Wildman–Crippen MR) is 210 cm³/mol. The van der Waals surface area contributed by atoms with E-state index in [-0.39, 0.29) is 38.6 Å². The van der Waals surface area contributed by atoms with Crippen molar-refractivity contribution < 1.29 is 37.6 Å². The van der Waals surface area contributed by atoms with Crippen molar-refractivity contribution in [2.45, 2.75) is 174 Å². The van der Waals surface area contributed by atoms with Gasteiger partial charge >= 0.3 is 19.8 Å². The van der Waals surface area contributed by atoms with Crippen molar-refractivity contribution in [2.75, 3.05) is 26.4 Å². The van der Waals surface area contributed by atoms with E-state index in [0.29, 0.717) is 6.42 Å². The van der Waals surface area contributed by atoms with Gasteiger partial charge in [-0.15, -0.1) is 0 Å². The third kappa shape index (κ3) is 37.5. The summed E-state index contributed by atoms with van der Waals surface area (Å²) in [5, 5.41) is 0. The lowest BCUT2D eigenvalue weighted by Crippen LogP contribution is -2.29. The van der Waals surface area contributed by atoms with E-state index in [1.54, 1.807) is 0 Å². The zero-order valence-corrected chi connectivity index (χ0v) is 33.2. The van der Waals surface area contributed by atoms with Crippen molar-refractivity contribution >= 4 is 19.8 Å².